The molecule has 0 aliphatic heterocycles. The summed E-state index contributed by atoms with van der Waals surface area (Å²) < 4.78 is 3.69. The van der Waals surface area contributed by atoms with Crippen LogP contribution in [-0.4, -0.2) is 36.0 Å². The first-order valence-corrected chi connectivity index (χ1v) is 7.31. The fourth-order valence-electron chi connectivity index (χ4n) is 2.26. The van der Waals surface area contributed by atoms with Crippen molar-refractivity contribution in [2.75, 3.05) is 0 Å². The number of nitrogens with zero attached hydrogens (tertiary/aromatic N) is 6. The summed E-state index contributed by atoms with van der Waals surface area (Å²) in [6, 6.07) is 12.3. The maximum absolute atomic E-state index is 4.28. The molecule has 2 aromatic heterocycles. The van der Waals surface area contributed by atoms with Crippen molar-refractivity contribution in [1.29, 1.82) is 0 Å². The highest BCUT2D eigenvalue weighted by Gasteiger charge is 2.15. The molecular formula is C15H19N7. The fourth-order valence-corrected chi connectivity index (χ4v) is 2.26. The Bertz CT molecular complexity index is 690. The van der Waals surface area contributed by atoms with Crippen molar-refractivity contribution in [2.24, 2.45) is 0 Å². The molecular weight excluding hydrogens is 278 g/mol. The molecule has 0 aliphatic carbocycles. The highest BCUT2D eigenvalue weighted by Crippen LogP contribution is 2.11. The Morgan fingerprint density at radius 1 is 1.14 bits per heavy atom. The molecule has 1 N–H and O–H groups in total. The number of benzene rings is 1. The molecule has 0 aliphatic rings. The van der Waals surface area contributed by atoms with Crippen molar-refractivity contribution in [3.05, 3.63) is 54.6 Å². The topological polar surface area (TPSA) is 73.5 Å². The minimum Gasteiger partial charge on any atom is -0.305 e. The predicted molar refractivity (Wildman–Crippen MR) is 82.4 cm³/mol. The monoisotopic (exact) mass is 297 g/mol. The molecule has 7 heteroatoms. The van der Waals surface area contributed by atoms with E-state index in [0.717, 1.165) is 11.5 Å². The number of hydrogen-bond donors (Lipinski definition) is 1. The molecule has 0 radical (unpaired) electrons. The molecule has 7 nitrogen and oxygen atoms in total. The van der Waals surface area contributed by atoms with Gasteiger partial charge in [0.15, 0.2) is 5.82 Å². The first kappa shape index (κ1) is 14.4. The predicted octanol–water partition coefficient (Wildman–Crippen LogP) is 1.60. The lowest BCUT2D eigenvalue weighted by Gasteiger charge is -2.21. The van der Waals surface area contributed by atoms with Crippen molar-refractivity contribution in [3.8, 4) is 5.69 Å². The number of para-hydroxylation sites is 1. The van der Waals surface area contributed by atoms with E-state index in [4.69, 9.17) is 0 Å². The Balaban J connectivity index is 1.66. The van der Waals surface area contributed by atoms with Crippen molar-refractivity contribution in [3.63, 3.8) is 0 Å². The van der Waals surface area contributed by atoms with E-state index in [1.807, 2.05) is 47.3 Å². The van der Waals surface area contributed by atoms with Crippen molar-refractivity contribution >= 4 is 0 Å². The van der Waals surface area contributed by atoms with Crippen LogP contribution < -0.4 is 5.32 Å². The summed E-state index contributed by atoms with van der Waals surface area (Å²) in [5.74, 6) is 0.783. The van der Waals surface area contributed by atoms with E-state index < -0.39 is 0 Å². The number of hydrogen-bond acceptors (Lipinski definition) is 5. The molecule has 0 fully saturated rings. The van der Waals surface area contributed by atoms with Gasteiger partial charge in [-0.2, -0.15) is 9.78 Å². The molecule has 0 saturated heterocycles. The van der Waals surface area contributed by atoms with Crippen LogP contribution in [0.25, 0.3) is 5.69 Å². The normalized spacial score (nSPS) is 13.9. The quantitative estimate of drug-likeness (QED) is 0.748. The summed E-state index contributed by atoms with van der Waals surface area (Å²) in [7, 11) is 0. The van der Waals surface area contributed by atoms with Crippen LogP contribution in [0.4, 0.5) is 0 Å². The van der Waals surface area contributed by atoms with Crippen LogP contribution >= 0.6 is 0 Å². The van der Waals surface area contributed by atoms with Gasteiger partial charge in [-0.3, -0.25) is 4.68 Å². The number of rotatable bonds is 6. The van der Waals surface area contributed by atoms with E-state index >= 15 is 0 Å². The maximum atomic E-state index is 4.28. The van der Waals surface area contributed by atoms with Crippen LogP contribution in [0.15, 0.2) is 48.8 Å². The Morgan fingerprint density at radius 3 is 2.68 bits per heavy atom. The van der Waals surface area contributed by atoms with E-state index in [2.05, 4.69) is 39.8 Å². The van der Waals surface area contributed by atoms with Gasteiger partial charge in [-0.05, 0) is 42.5 Å². The Kier molecular flexibility index (Phi) is 4.24. The van der Waals surface area contributed by atoms with E-state index in [1.54, 1.807) is 10.9 Å². The van der Waals surface area contributed by atoms with Gasteiger partial charge in [-0.15, -0.1) is 5.10 Å². The van der Waals surface area contributed by atoms with Gasteiger partial charge < -0.3 is 5.32 Å². The van der Waals surface area contributed by atoms with Crippen molar-refractivity contribution in [1.82, 2.24) is 35.3 Å². The van der Waals surface area contributed by atoms with Gasteiger partial charge in [0.1, 0.15) is 0 Å². The highest BCUT2D eigenvalue weighted by atomic mass is 15.5. The molecule has 114 valence electrons. The largest absolute Gasteiger partial charge is 0.305 e. The average Bonchev–Trinajstić information content (AvgIpc) is 3.24. The third kappa shape index (κ3) is 3.04. The second kappa shape index (κ2) is 6.48. The molecule has 2 unspecified atom stereocenters. The molecule has 3 rings (SSSR count). The third-order valence-corrected chi connectivity index (χ3v) is 3.78. The smallest absolute Gasteiger partial charge is 0.170 e. The molecule has 3 aromatic rings. The Hall–Kier alpha value is -2.54. The van der Waals surface area contributed by atoms with Crippen LogP contribution in [0.3, 0.4) is 0 Å². The van der Waals surface area contributed by atoms with Gasteiger partial charge in [-0.25, -0.2) is 0 Å². The number of aromatic nitrogens is 6. The summed E-state index contributed by atoms with van der Waals surface area (Å²) in [4.78, 5) is 0. The van der Waals surface area contributed by atoms with E-state index in [1.165, 1.54) is 0 Å². The molecule has 1 aromatic carbocycles. The lowest BCUT2D eigenvalue weighted by Crippen LogP contribution is -2.34. The SMILES string of the molecule is CC(NCc1nnnn1-c1ccccc1)C(C)n1cccn1. The molecule has 0 spiro atoms. The summed E-state index contributed by atoms with van der Waals surface area (Å²) in [5.41, 5.74) is 0.956. The first-order valence-electron chi connectivity index (χ1n) is 7.31. The second-order valence-electron chi connectivity index (χ2n) is 5.24. The number of nitrogens with one attached hydrogen (secondary N) is 1. The Morgan fingerprint density at radius 2 is 1.95 bits per heavy atom. The van der Waals surface area contributed by atoms with Gasteiger partial charge in [-0.1, -0.05) is 18.2 Å². The molecule has 22 heavy (non-hydrogen) atoms. The zero-order valence-corrected chi connectivity index (χ0v) is 12.7. The van der Waals surface area contributed by atoms with E-state index in [-0.39, 0.29) is 12.1 Å². The summed E-state index contributed by atoms with van der Waals surface area (Å²) in [6.45, 7) is 4.85. The Labute approximate surface area is 129 Å². The van der Waals surface area contributed by atoms with Crippen LogP contribution in [0.1, 0.15) is 25.7 Å². The second-order valence-corrected chi connectivity index (χ2v) is 5.24. The van der Waals surface area contributed by atoms with Crippen LogP contribution in [0, 0.1) is 0 Å². The van der Waals surface area contributed by atoms with Gasteiger partial charge in [0.2, 0.25) is 0 Å². The minimum absolute atomic E-state index is 0.237. The minimum atomic E-state index is 0.237. The van der Waals surface area contributed by atoms with Crippen LogP contribution in [-0.2, 0) is 6.54 Å². The fraction of sp³-hybridized carbons (Fsp3) is 0.333. The third-order valence-electron chi connectivity index (χ3n) is 3.78. The first-order chi connectivity index (χ1) is 10.8. The highest BCUT2D eigenvalue weighted by molar-refractivity contribution is 5.30. The van der Waals surface area contributed by atoms with Gasteiger partial charge in [0, 0.05) is 18.4 Å². The lowest BCUT2D eigenvalue weighted by molar-refractivity contribution is 0.361. The maximum Gasteiger partial charge on any atom is 0.170 e. The summed E-state index contributed by atoms with van der Waals surface area (Å²) >= 11 is 0. The lowest BCUT2D eigenvalue weighted by atomic mass is 10.2. The molecule has 0 bridgehead atoms. The van der Waals surface area contributed by atoms with Crippen LogP contribution in [0.5, 0.6) is 0 Å². The summed E-state index contributed by atoms with van der Waals surface area (Å²) in [5, 5.41) is 19.7. The van der Waals surface area contributed by atoms with Crippen LogP contribution in [0.2, 0.25) is 0 Å². The standard InChI is InChI=1S/C15H19N7/c1-12(13(2)21-10-6-9-17-21)16-11-15-18-19-20-22(15)14-7-4-3-5-8-14/h3-10,12-13,16H,11H2,1-2H3. The molecule has 2 atom stereocenters. The van der Waals surface area contributed by atoms with Gasteiger partial charge >= 0.3 is 0 Å². The zero-order valence-electron chi connectivity index (χ0n) is 12.7. The van der Waals surface area contributed by atoms with Crippen molar-refractivity contribution < 1.29 is 0 Å². The van der Waals surface area contributed by atoms with Gasteiger partial charge in [0.25, 0.3) is 0 Å². The zero-order chi connectivity index (χ0) is 15.4. The van der Waals surface area contributed by atoms with E-state index in [0.29, 0.717) is 6.54 Å². The summed E-state index contributed by atoms with van der Waals surface area (Å²) in [6.07, 6.45) is 3.76. The average molecular weight is 297 g/mol. The van der Waals surface area contributed by atoms with E-state index in [9.17, 15) is 0 Å². The molecule has 0 amide bonds. The number of tetrazole rings is 1. The van der Waals surface area contributed by atoms with Gasteiger partial charge in [0.05, 0.1) is 18.3 Å². The van der Waals surface area contributed by atoms with Crippen molar-refractivity contribution in [2.45, 2.75) is 32.5 Å². The molecule has 2 heterocycles. The molecule has 0 saturated carbocycles.